The number of rotatable bonds is 14. The molecule has 0 saturated heterocycles. The summed E-state index contributed by atoms with van der Waals surface area (Å²) in [5, 5.41) is 9.94. The second-order valence-electron chi connectivity index (χ2n) is 10.8. The van der Waals surface area contributed by atoms with Gasteiger partial charge < -0.3 is 14.6 Å². The first-order valence-corrected chi connectivity index (χ1v) is 14.2. The molecular weight excluding hydrogens is 484 g/mol. The third-order valence-corrected chi connectivity index (χ3v) is 7.12. The maximum Gasteiger partial charge on any atom is 0.303 e. The molecule has 0 aliphatic heterocycles. The summed E-state index contributed by atoms with van der Waals surface area (Å²) in [6.07, 6.45) is 6.94. The van der Waals surface area contributed by atoms with Crippen molar-refractivity contribution in [2.45, 2.75) is 65.8 Å². The second kappa shape index (κ2) is 13.3. The number of carboxylic acid groups (broad SMARTS) is 1. The highest BCUT2D eigenvalue weighted by molar-refractivity contribution is 6.16. The fourth-order valence-electron chi connectivity index (χ4n) is 5.19. The van der Waals surface area contributed by atoms with Gasteiger partial charge in [-0.3, -0.25) is 9.59 Å². The van der Waals surface area contributed by atoms with Crippen LogP contribution in [0.15, 0.2) is 79.0 Å². The van der Waals surface area contributed by atoms with Crippen molar-refractivity contribution in [3.05, 3.63) is 95.7 Å². The number of fused-ring (bicyclic) bond motifs is 1. The number of hydrogen-bond donors (Lipinski definition) is 1. The monoisotopic (exact) mass is 524 g/mol. The van der Waals surface area contributed by atoms with Gasteiger partial charge in [0.1, 0.15) is 0 Å². The molecule has 0 aliphatic rings. The van der Waals surface area contributed by atoms with Crippen LogP contribution in [0.1, 0.15) is 74.4 Å². The Morgan fingerprint density at radius 1 is 0.897 bits per heavy atom. The Hall–Kier alpha value is -3.86. The number of aliphatic carboxylic acids is 1. The van der Waals surface area contributed by atoms with Crippen molar-refractivity contribution in [3.63, 3.8) is 0 Å². The van der Waals surface area contributed by atoms with E-state index in [2.05, 4.69) is 56.0 Å². The number of unbranched alkanes of at least 4 members (excludes halogenated alkanes) is 2. The van der Waals surface area contributed by atoms with Gasteiger partial charge in [-0.05, 0) is 61.1 Å². The van der Waals surface area contributed by atoms with E-state index in [-0.39, 0.29) is 12.2 Å². The Labute approximate surface area is 232 Å². The fraction of sp³-hybridized carbons (Fsp3) is 0.353. The van der Waals surface area contributed by atoms with Crippen molar-refractivity contribution in [1.29, 1.82) is 0 Å². The molecule has 1 N–H and O–H groups in total. The molecule has 0 aliphatic carbocycles. The molecule has 5 heteroatoms. The highest BCUT2D eigenvalue weighted by Crippen LogP contribution is 2.30. The predicted octanol–water partition coefficient (Wildman–Crippen LogP) is 8.26. The van der Waals surface area contributed by atoms with Crippen LogP contribution in [0.4, 0.5) is 11.4 Å². The summed E-state index contributed by atoms with van der Waals surface area (Å²) >= 11 is 0. The lowest BCUT2D eigenvalue weighted by molar-refractivity contribution is -0.137. The highest BCUT2D eigenvalue weighted by Gasteiger charge is 2.19. The van der Waals surface area contributed by atoms with Crippen molar-refractivity contribution < 1.29 is 14.7 Å². The number of benzene rings is 3. The summed E-state index contributed by atoms with van der Waals surface area (Å²) in [6.45, 7) is 8.13. The zero-order valence-electron chi connectivity index (χ0n) is 23.4. The third kappa shape index (κ3) is 7.17. The quantitative estimate of drug-likeness (QED) is 0.133. The zero-order chi connectivity index (χ0) is 27.8. The summed E-state index contributed by atoms with van der Waals surface area (Å²) < 4.78 is 2.01. The van der Waals surface area contributed by atoms with Gasteiger partial charge in [-0.15, -0.1) is 0 Å². The van der Waals surface area contributed by atoms with E-state index in [4.69, 9.17) is 5.11 Å². The largest absolute Gasteiger partial charge is 0.481 e. The van der Waals surface area contributed by atoms with Crippen LogP contribution < -0.4 is 4.90 Å². The Bertz CT molecular complexity index is 1400. The number of hydrogen-bond acceptors (Lipinski definition) is 3. The van der Waals surface area contributed by atoms with Crippen molar-refractivity contribution in [2.24, 2.45) is 5.92 Å². The van der Waals surface area contributed by atoms with Gasteiger partial charge in [0.2, 0.25) is 0 Å². The van der Waals surface area contributed by atoms with Crippen LogP contribution in [0.5, 0.6) is 0 Å². The molecule has 5 nitrogen and oxygen atoms in total. The lowest BCUT2D eigenvalue weighted by Crippen LogP contribution is -2.19. The van der Waals surface area contributed by atoms with Gasteiger partial charge in [-0.1, -0.05) is 76.1 Å². The minimum atomic E-state index is -0.808. The van der Waals surface area contributed by atoms with Crippen LogP contribution in [0.2, 0.25) is 0 Å². The minimum Gasteiger partial charge on any atom is -0.481 e. The van der Waals surface area contributed by atoms with Gasteiger partial charge in [0, 0.05) is 59.1 Å². The molecule has 204 valence electrons. The summed E-state index contributed by atoms with van der Waals surface area (Å²) in [5.74, 6) is -0.217. The topological polar surface area (TPSA) is 62.5 Å². The normalized spacial score (nSPS) is 11.3. The zero-order valence-corrected chi connectivity index (χ0v) is 23.4. The molecule has 0 atom stereocenters. The van der Waals surface area contributed by atoms with E-state index < -0.39 is 5.97 Å². The van der Waals surface area contributed by atoms with Gasteiger partial charge in [-0.2, -0.15) is 0 Å². The molecule has 0 bridgehead atoms. The van der Waals surface area contributed by atoms with E-state index in [1.54, 1.807) is 0 Å². The van der Waals surface area contributed by atoms with Crippen LogP contribution in [0, 0.1) is 5.92 Å². The first-order valence-electron chi connectivity index (χ1n) is 14.2. The number of carbonyl (C=O) groups excluding carboxylic acids is 1. The fourth-order valence-corrected chi connectivity index (χ4v) is 5.19. The van der Waals surface area contributed by atoms with Crippen LogP contribution >= 0.6 is 0 Å². The van der Waals surface area contributed by atoms with Gasteiger partial charge in [0.25, 0.3) is 0 Å². The lowest BCUT2D eigenvalue weighted by atomic mass is 10.0. The van der Waals surface area contributed by atoms with E-state index in [1.165, 1.54) is 5.56 Å². The number of nitrogens with zero attached hydrogens (tertiary/aromatic N) is 2. The Balaban J connectivity index is 1.65. The van der Waals surface area contributed by atoms with Crippen LogP contribution in [-0.4, -0.2) is 28.0 Å². The maximum atomic E-state index is 13.8. The highest BCUT2D eigenvalue weighted by atomic mass is 16.4. The molecule has 4 rings (SSSR count). The number of para-hydroxylation sites is 1. The predicted molar refractivity (Wildman–Crippen MR) is 160 cm³/mol. The number of ketones is 1. The molecular formula is C34H40N2O3. The molecule has 1 aromatic heterocycles. The van der Waals surface area contributed by atoms with Crippen molar-refractivity contribution in [3.8, 4) is 0 Å². The molecule has 1 heterocycles. The maximum absolute atomic E-state index is 13.8. The number of aryl methyl sites for hydroxylation is 1. The SMILES string of the molecule is CCCCCN(c1ccc(CC(C)C)cc1)c1cccc(C(=O)c2cn(CCCC(=O)O)c3ccccc23)c1. The smallest absolute Gasteiger partial charge is 0.303 e. The van der Waals surface area contributed by atoms with Crippen LogP contribution in [0.25, 0.3) is 10.9 Å². The van der Waals surface area contributed by atoms with Gasteiger partial charge in [0.15, 0.2) is 5.78 Å². The van der Waals surface area contributed by atoms with Crippen molar-refractivity contribution in [2.75, 3.05) is 11.4 Å². The molecule has 0 unspecified atom stereocenters. The molecule has 3 aromatic carbocycles. The number of carbonyl (C=O) groups is 2. The number of aromatic nitrogens is 1. The molecule has 0 fully saturated rings. The second-order valence-corrected chi connectivity index (χ2v) is 10.8. The average molecular weight is 525 g/mol. The molecule has 0 spiro atoms. The van der Waals surface area contributed by atoms with Gasteiger partial charge in [-0.25, -0.2) is 0 Å². The Morgan fingerprint density at radius 3 is 2.38 bits per heavy atom. The van der Waals surface area contributed by atoms with Crippen molar-refractivity contribution >= 4 is 34.0 Å². The lowest BCUT2D eigenvalue weighted by Gasteiger charge is -2.26. The minimum absolute atomic E-state index is 0.0224. The number of carboxylic acids is 1. The first kappa shape index (κ1) is 28.2. The third-order valence-electron chi connectivity index (χ3n) is 7.12. The first-order chi connectivity index (χ1) is 18.9. The summed E-state index contributed by atoms with van der Waals surface area (Å²) in [5.41, 5.74) is 5.74. The molecule has 0 saturated carbocycles. The van der Waals surface area contributed by atoms with E-state index in [0.29, 0.717) is 30.0 Å². The average Bonchev–Trinajstić information content (AvgIpc) is 3.29. The summed E-state index contributed by atoms with van der Waals surface area (Å²) in [6, 6.07) is 24.6. The van der Waals surface area contributed by atoms with E-state index in [0.717, 1.165) is 54.5 Å². The van der Waals surface area contributed by atoms with Gasteiger partial charge >= 0.3 is 5.97 Å². The van der Waals surface area contributed by atoms with Crippen LogP contribution in [-0.2, 0) is 17.8 Å². The van der Waals surface area contributed by atoms with Crippen molar-refractivity contribution in [1.82, 2.24) is 4.57 Å². The Kier molecular flexibility index (Phi) is 9.59. The van der Waals surface area contributed by atoms with E-state index >= 15 is 0 Å². The van der Waals surface area contributed by atoms with Crippen LogP contribution in [0.3, 0.4) is 0 Å². The van der Waals surface area contributed by atoms with E-state index in [1.807, 2.05) is 53.2 Å². The molecule has 4 aromatic rings. The molecule has 39 heavy (non-hydrogen) atoms. The molecule has 0 amide bonds. The standard InChI is InChI=1S/C34H40N2O3/c1-4-5-8-21-36(28-18-16-26(17-19-28)22-25(2)3)29-12-9-11-27(23-29)34(39)31-24-35(20-10-15-33(37)38)32-14-7-6-13-30(31)32/h6-7,9,11-14,16-19,23-25H,4-5,8,10,15,20-22H2,1-3H3,(H,37,38). The molecule has 0 radical (unpaired) electrons. The van der Waals surface area contributed by atoms with E-state index in [9.17, 15) is 9.59 Å². The summed E-state index contributed by atoms with van der Waals surface area (Å²) in [7, 11) is 0. The Morgan fingerprint density at radius 2 is 1.67 bits per heavy atom. The van der Waals surface area contributed by atoms with Gasteiger partial charge in [0.05, 0.1) is 0 Å². The summed E-state index contributed by atoms with van der Waals surface area (Å²) in [4.78, 5) is 27.2. The number of anilines is 2.